The van der Waals surface area contributed by atoms with Crippen molar-refractivity contribution in [2.24, 2.45) is 10.7 Å². The Labute approximate surface area is 373 Å². The average molecular weight is 918 g/mol. The van der Waals surface area contributed by atoms with Gasteiger partial charge in [0.1, 0.15) is 28.9 Å². The Bertz CT molecular complexity index is 2530. The summed E-state index contributed by atoms with van der Waals surface area (Å²) in [6.07, 6.45) is 1.23. The van der Waals surface area contributed by atoms with Crippen molar-refractivity contribution < 1.29 is 36.3 Å². The van der Waals surface area contributed by atoms with Crippen molar-refractivity contribution in [3.63, 3.8) is 0 Å². The molecule has 0 fully saturated rings. The smallest absolute Gasteiger partial charge is 0.264 e. The van der Waals surface area contributed by atoms with Crippen LogP contribution in [0.25, 0.3) is 0 Å². The number of amides is 2. The van der Waals surface area contributed by atoms with Crippen molar-refractivity contribution >= 4 is 49.2 Å². The summed E-state index contributed by atoms with van der Waals surface area (Å²) in [5, 5.41) is 19.3. The first-order valence-electron chi connectivity index (χ1n) is 20.3. The minimum atomic E-state index is -4.11. The van der Waals surface area contributed by atoms with Gasteiger partial charge in [0, 0.05) is 18.1 Å². The lowest BCUT2D eigenvalue weighted by molar-refractivity contribution is -0.130. The fourth-order valence-corrected chi connectivity index (χ4v) is 10.6. The highest BCUT2D eigenvalue weighted by molar-refractivity contribution is 7.90. The van der Waals surface area contributed by atoms with E-state index in [1.54, 1.807) is 86.8 Å². The zero-order valence-electron chi connectivity index (χ0n) is 35.7. The number of rotatable bonds is 22. The summed E-state index contributed by atoms with van der Waals surface area (Å²) in [5.41, 5.74) is 9.87. The summed E-state index contributed by atoms with van der Waals surface area (Å²) in [7, 11) is -6.63. The molecule has 0 spiro atoms. The minimum absolute atomic E-state index is 0.0118. The van der Waals surface area contributed by atoms with Crippen molar-refractivity contribution in [1.82, 2.24) is 25.1 Å². The Kier molecular flexibility index (Phi) is 17.4. The number of nitrogens with zero attached hydrogens (tertiary/aromatic N) is 2. The molecule has 0 saturated carbocycles. The fourth-order valence-electron chi connectivity index (χ4n) is 7.11. The normalized spacial score (nSPS) is 14.0. The summed E-state index contributed by atoms with van der Waals surface area (Å²) < 4.78 is 64.1. The Balaban J connectivity index is 1.34. The summed E-state index contributed by atoms with van der Waals surface area (Å²) >= 11 is 1.20. The fraction of sp³-hybridized carbons (Fsp3) is 0.333. The number of carbonyl (C=O) groups is 2. The highest BCUT2D eigenvalue weighted by atomic mass is 32.2. The quantitative estimate of drug-likeness (QED) is 0.0323. The summed E-state index contributed by atoms with van der Waals surface area (Å²) in [5.74, 6) is -1.45. The van der Waals surface area contributed by atoms with Gasteiger partial charge in [0.05, 0.1) is 23.8 Å². The molecule has 1 aromatic heterocycles. The number of sulfonamides is 2. The Hall–Kier alpha value is -5.66. The number of thiazole rings is 1. The molecule has 0 aliphatic rings. The van der Waals surface area contributed by atoms with Crippen LogP contribution in [-0.4, -0.2) is 76.5 Å². The van der Waals surface area contributed by atoms with Crippen molar-refractivity contribution in [2.45, 2.75) is 87.8 Å². The lowest BCUT2D eigenvalue weighted by Crippen LogP contribution is -2.56. The number of guanidine groups is 1. The number of ether oxygens (including phenoxy) is 1. The Morgan fingerprint density at radius 2 is 1.43 bits per heavy atom. The molecule has 2 amide bonds. The average Bonchev–Trinajstić information content (AvgIpc) is 3.80. The van der Waals surface area contributed by atoms with Crippen molar-refractivity contribution in [1.29, 1.82) is 0 Å². The molecular formula is C45H55N7O8S3. The summed E-state index contributed by atoms with van der Waals surface area (Å²) in [6, 6.07) is 25.2. The van der Waals surface area contributed by atoms with Gasteiger partial charge in [-0.05, 0) is 92.3 Å². The number of carbonyl (C=O) groups excluding carboxylic acids is 2. The molecule has 0 aliphatic carbocycles. The maximum Gasteiger partial charge on any atom is 0.264 e. The molecule has 7 N–H and O–H groups in total. The molecule has 4 atom stereocenters. The van der Waals surface area contributed by atoms with E-state index in [2.05, 4.69) is 30.1 Å². The maximum absolute atomic E-state index is 14.3. The van der Waals surface area contributed by atoms with Gasteiger partial charge in [0.25, 0.3) is 10.0 Å². The predicted octanol–water partition coefficient (Wildman–Crippen LogP) is 4.52. The van der Waals surface area contributed by atoms with Crippen LogP contribution in [0.4, 0.5) is 0 Å². The van der Waals surface area contributed by atoms with Crippen LogP contribution in [0.5, 0.6) is 5.75 Å². The first-order valence-corrected chi connectivity index (χ1v) is 24.4. The van der Waals surface area contributed by atoms with E-state index in [9.17, 15) is 31.5 Å². The van der Waals surface area contributed by atoms with Crippen LogP contribution in [0.1, 0.15) is 63.8 Å². The Morgan fingerprint density at radius 1 is 0.825 bits per heavy atom. The molecule has 1 unspecified atom stereocenters. The van der Waals surface area contributed by atoms with Gasteiger partial charge in [-0.25, -0.2) is 31.3 Å². The molecule has 336 valence electrons. The van der Waals surface area contributed by atoms with E-state index in [4.69, 9.17) is 10.5 Å². The van der Waals surface area contributed by atoms with Crippen LogP contribution >= 0.6 is 11.3 Å². The van der Waals surface area contributed by atoms with Crippen LogP contribution in [-0.2, 0) is 48.2 Å². The third kappa shape index (κ3) is 14.2. The number of nitrogens with one attached hydrogen (secondary N) is 4. The van der Waals surface area contributed by atoms with E-state index in [1.807, 2.05) is 36.4 Å². The zero-order valence-corrected chi connectivity index (χ0v) is 38.1. The topological polar surface area (TPSA) is 231 Å². The number of aromatic nitrogens is 1. The van der Waals surface area contributed by atoms with Crippen molar-refractivity contribution in [3.05, 3.63) is 147 Å². The van der Waals surface area contributed by atoms with Gasteiger partial charge >= 0.3 is 0 Å². The van der Waals surface area contributed by atoms with Gasteiger partial charge < -0.3 is 26.2 Å². The van der Waals surface area contributed by atoms with Gasteiger partial charge in [0.2, 0.25) is 27.8 Å². The lowest BCUT2D eigenvalue weighted by Gasteiger charge is -2.27. The second-order valence-corrected chi connectivity index (χ2v) is 19.4. The van der Waals surface area contributed by atoms with E-state index >= 15 is 0 Å². The standard InChI is InChI=1S/C45H55N7O8S3/c1-30-27-39(60-4)31(2)32(3)41(30)63(58,59)52-45(46)48-24-14-21-36(40(53)44-47-25-26-61-44)49-42(54)37(23-22-33-15-8-5-9-16-33)50-43(55)38(28-34-17-10-6-11-18-34)51-62(56,57)29-35-19-12-7-13-20-35/h5-13,15-20,25-27,36-38,40,51,53H,14,21-24,28-29H2,1-4H3,(H,49,54)(H,50,55)(H3,46,48,52)/t36-,37-,38+,40?/m0/s1. The van der Waals surface area contributed by atoms with Crippen molar-refractivity contribution in [2.75, 3.05) is 13.7 Å². The molecule has 0 radical (unpaired) electrons. The Morgan fingerprint density at radius 3 is 2.03 bits per heavy atom. The number of aliphatic imine (C=N–C) groups is 1. The number of aliphatic hydroxyl groups is 1. The first kappa shape index (κ1) is 48.4. The van der Waals surface area contributed by atoms with E-state index in [1.165, 1.54) is 24.6 Å². The molecule has 0 bridgehead atoms. The van der Waals surface area contributed by atoms with Crippen LogP contribution in [0, 0.1) is 20.8 Å². The highest BCUT2D eigenvalue weighted by Crippen LogP contribution is 2.30. The van der Waals surface area contributed by atoms with Gasteiger partial charge in [-0.15, -0.1) is 11.3 Å². The SMILES string of the molecule is COc1cc(C)c(S(=O)(=O)NC(N)=NCCC[C@H](NC(=O)[C@H](CCc2ccccc2)NC(=O)[C@@H](Cc2ccccc2)NS(=O)(=O)Cc2ccccc2)C(O)c2nccs2)c(C)c1C. The third-order valence-corrected chi connectivity index (χ3v) is 14.2. The molecule has 15 nitrogen and oxygen atoms in total. The van der Waals surface area contributed by atoms with Crippen molar-refractivity contribution in [3.8, 4) is 5.75 Å². The number of aryl methyl sites for hydroxylation is 2. The number of hydrogen-bond donors (Lipinski definition) is 6. The zero-order chi connectivity index (χ0) is 45.6. The highest BCUT2D eigenvalue weighted by Gasteiger charge is 2.32. The van der Waals surface area contributed by atoms with E-state index in [0.717, 1.165) is 5.56 Å². The van der Waals surface area contributed by atoms with Gasteiger partial charge in [-0.3, -0.25) is 14.6 Å². The molecule has 63 heavy (non-hydrogen) atoms. The monoisotopic (exact) mass is 917 g/mol. The largest absolute Gasteiger partial charge is 0.496 e. The molecule has 0 saturated heterocycles. The molecule has 18 heteroatoms. The molecule has 0 aliphatic heterocycles. The van der Waals surface area contributed by atoms with E-state index < -0.39 is 56.1 Å². The number of aliphatic hydroxyl groups excluding tert-OH is 1. The number of nitrogens with two attached hydrogens (primary N) is 1. The van der Waals surface area contributed by atoms with Gasteiger partial charge in [-0.1, -0.05) is 91.0 Å². The van der Waals surface area contributed by atoms with Crippen LogP contribution in [0.3, 0.4) is 0 Å². The number of benzene rings is 4. The first-order chi connectivity index (χ1) is 30.1. The lowest BCUT2D eigenvalue weighted by atomic mass is 10.0. The minimum Gasteiger partial charge on any atom is -0.496 e. The van der Waals surface area contributed by atoms with E-state index in [0.29, 0.717) is 45.0 Å². The summed E-state index contributed by atoms with van der Waals surface area (Å²) in [6.45, 7) is 5.14. The van der Waals surface area contributed by atoms with Gasteiger partial charge in [-0.2, -0.15) is 0 Å². The number of methoxy groups -OCH3 is 1. The molecular weight excluding hydrogens is 863 g/mol. The third-order valence-electron chi connectivity index (χ3n) is 10.4. The predicted molar refractivity (Wildman–Crippen MR) is 245 cm³/mol. The molecule has 5 aromatic rings. The maximum atomic E-state index is 14.3. The molecule has 5 rings (SSSR count). The second kappa shape index (κ2) is 22.6. The van der Waals surface area contributed by atoms with Crippen LogP contribution < -0.4 is 30.5 Å². The second-order valence-electron chi connectivity index (χ2n) is 15.1. The molecule has 1 heterocycles. The van der Waals surface area contributed by atoms with Crippen LogP contribution in [0.2, 0.25) is 0 Å². The van der Waals surface area contributed by atoms with Crippen LogP contribution in [0.15, 0.2) is 119 Å². The summed E-state index contributed by atoms with van der Waals surface area (Å²) in [4.78, 5) is 37.1. The van der Waals surface area contributed by atoms with Gasteiger partial charge in [0.15, 0.2) is 0 Å². The number of hydrogen-bond acceptors (Lipinski definition) is 11. The van der Waals surface area contributed by atoms with E-state index in [-0.39, 0.29) is 48.8 Å². The molecule has 4 aromatic carbocycles.